The highest BCUT2D eigenvalue weighted by molar-refractivity contribution is 7.98. The van der Waals surface area contributed by atoms with Crippen LogP contribution in [0.2, 0.25) is 0 Å². The van der Waals surface area contributed by atoms with Crippen LogP contribution in [0, 0.1) is 0 Å². The Kier molecular flexibility index (Phi) is 12.0. The van der Waals surface area contributed by atoms with Crippen molar-refractivity contribution in [2.24, 2.45) is 11.5 Å². The number of nitrogens with two attached hydrogens (primary N) is 2. The van der Waals surface area contributed by atoms with Gasteiger partial charge in [-0.15, -0.1) is 0 Å². The number of H-pyrrole nitrogens is 1. The summed E-state index contributed by atoms with van der Waals surface area (Å²) in [5.41, 5.74) is 12.3. The highest BCUT2D eigenvalue weighted by atomic mass is 32.2. The molecule has 196 valence electrons. The maximum atomic E-state index is 13.4. The number of rotatable bonds is 15. The van der Waals surface area contributed by atoms with Gasteiger partial charge in [0, 0.05) is 24.9 Å². The largest absolute Gasteiger partial charge is 0.480 e. The number of imidazole rings is 1. The molecule has 1 aromatic heterocycles. The number of unbranched alkanes of at least 4 members (excludes halogenated alkanes) is 1. The van der Waals surface area contributed by atoms with E-state index in [1.807, 2.05) is 6.26 Å². The van der Waals surface area contributed by atoms with Crippen molar-refractivity contribution in [3.63, 3.8) is 0 Å². The first-order chi connectivity index (χ1) is 16.8. The first kappa shape index (κ1) is 28.6. The maximum Gasteiger partial charge on any atom is 0.326 e. The van der Waals surface area contributed by atoms with Gasteiger partial charge in [-0.2, -0.15) is 11.8 Å². The van der Waals surface area contributed by atoms with Crippen molar-refractivity contribution in [3.8, 4) is 0 Å². The third-order valence-corrected chi connectivity index (χ3v) is 6.60. The van der Waals surface area contributed by atoms with Crippen molar-refractivity contribution >= 4 is 35.5 Å². The average molecular weight is 512 g/mol. The van der Waals surface area contributed by atoms with Crippen LogP contribution in [-0.2, 0) is 25.6 Å². The van der Waals surface area contributed by atoms with Crippen LogP contribution in [0.5, 0.6) is 0 Å². The Hall–Kier alpha value is -2.64. The Bertz CT molecular complexity index is 838. The third-order valence-electron chi connectivity index (χ3n) is 5.96. The maximum absolute atomic E-state index is 13.4. The van der Waals surface area contributed by atoms with E-state index in [4.69, 9.17) is 11.5 Å². The average Bonchev–Trinajstić information content (AvgIpc) is 3.52. The van der Waals surface area contributed by atoms with Crippen molar-refractivity contribution < 1.29 is 24.3 Å². The molecule has 2 rings (SSSR count). The van der Waals surface area contributed by atoms with E-state index in [9.17, 15) is 24.3 Å². The standard InChI is InChI=1S/C22H37N7O5S/c1-35-10-7-17(22(33)34)28-20(31)18-6-4-9-29(18)21(32)16(5-2-3-8-23)27-19(30)15(24)11-14-12-25-13-26-14/h12-13,15-18H,2-11,23-24H2,1H3,(H,25,26)(H,27,30)(H,28,31)(H,33,34). The molecule has 13 heteroatoms. The van der Waals surface area contributed by atoms with Crippen LogP contribution in [0.25, 0.3) is 0 Å². The lowest BCUT2D eigenvalue weighted by Crippen LogP contribution is -2.57. The van der Waals surface area contributed by atoms with E-state index < -0.39 is 42.0 Å². The van der Waals surface area contributed by atoms with Crippen LogP contribution in [0.15, 0.2) is 12.5 Å². The number of nitrogens with zero attached hydrogens (tertiary/aromatic N) is 2. The Morgan fingerprint density at radius 2 is 2.03 bits per heavy atom. The third kappa shape index (κ3) is 8.82. The lowest BCUT2D eigenvalue weighted by atomic mass is 10.1. The van der Waals surface area contributed by atoms with E-state index in [0.29, 0.717) is 56.6 Å². The van der Waals surface area contributed by atoms with Crippen LogP contribution in [0.3, 0.4) is 0 Å². The summed E-state index contributed by atoms with van der Waals surface area (Å²) in [6.45, 7) is 0.804. The Morgan fingerprint density at radius 3 is 2.66 bits per heavy atom. The second-order valence-corrected chi connectivity index (χ2v) is 9.59. The fourth-order valence-electron chi connectivity index (χ4n) is 4.02. The Labute approximate surface area is 209 Å². The number of nitrogens with one attached hydrogen (secondary N) is 3. The predicted octanol–water partition coefficient (Wildman–Crippen LogP) is -0.793. The molecule has 8 N–H and O–H groups in total. The zero-order chi connectivity index (χ0) is 25.8. The van der Waals surface area contributed by atoms with Gasteiger partial charge >= 0.3 is 5.97 Å². The number of likely N-dealkylation sites (tertiary alicyclic amines) is 1. The van der Waals surface area contributed by atoms with Crippen LogP contribution in [0.4, 0.5) is 0 Å². The molecule has 1 aliphatic heterocycles. The molecule has 4 unspecified atom stereocenters. The van der Waals surface area contributed by atoms with Gasteiger partial charge in [-0.25, -0.2) is 9.78 Å². The van der Waals surface area contributed by atoms with Crippen molar-refractivity contribution in [2.45, 2.75) is 69.1 Å². The molecule has 0 saturated carbocycles. The number of aromatic nitrogens is 2. The lowest BCUT2D eigenvalue weighted by molar-refractivity contribution is -0.145. The summed E-state index contributed by atoms with van der Waals surface area (Å²) in [6, 6.07) is -3.55. The summed E-state index contributed by atoms with van der Waals surface area (Å²) in [5.74, 6) is -1.88. The number of hydrogen-bond donors (Lipinski definition) is 6. The topological polar surface area (TPSA) is 197 Å². The summed E-state index contributed by atoms with van der Waals surface area (Å²) in [4.78, 5) is 58.9. The predicted molar refractivity (Wildman–Crippen MR) is 132 cm³/mol. The molecule has 35 heavy (non-hydrogen) atoms. The number of carboxylic acids is 1. The van der Waals surface area contributed by atoms with Gasteiger partial charge in [-0.1, -0.05) is 0 Å². The van der Waals surface area contributed by atoms with Crippen LogP contribution < -0.4 is 22.1 Å². The molecule has 12 nitrogen and oxygen atoms in total. The lowest BCUT2D eigenvalue weighted by Gasteiger charge is -2.30. The summed E-state index contributed by atoms with van der Waals surface area (Å²) in [7, 11) is 0. The molecule has 1 aliphatic rings. The first-order valence-corrected chi connectivity index (χ1v) is 13.2. The van der Waals surface area contributed by atoms with Gasteiger partial charge in [0.25, 0.3) is 0 Å². The number of carbonyl (C=O) groups is 4. The van der Waals surface area contributed by atoms with Gasteiger partial charge in [0.1, 0.15) is 18.1 Å². The highest BCUT2D eigenvalue weighted by Crippen LogP contribution is 2.20. The number of thioether (sulfide) groups is 1. The quantitative estimate of drug-likeness (QED) is 0.163. The van der Waals surface area contributed by atoms with E-state index in [-0.39, 0.29) is 18.7 Å². The first-order valence-electron chi connectivity index (χ1n) is 11.8. The minimum atomic E-state index is -1.11. The van der Waals surface area contributed by atoms with E-state index in [2.05, 4.69) is 20.6 Å². The molecule has 3 amide bonds. The van der Waals surface area contributed by atoms with Gasteiger partial charge in [0.2, 0.25) is 17.7 Å². The van der Waals surface area contributed by atoms with Crippen molar-refractivity contribution in [1.82, 2.24) is 25.5 Å². The number of aliphatic carboxylic acids is 1. The second kappa shape index (κ2) is 14.7. The zero-order valence-corrected chi connectivity index (χ0v) is 20.9. The normalized spacial score (nSPS) is 18.0. The molecule has 0 radical (unpaired) electrons. The van der Waals surface area contributed by atoms with Crippen molar-refractivity contribution in [3.05, 3.63) is 18.2 Å². The molecule has 2 heterocycles. The van der Waals surface area contributed by atoms with Gasteiger partial charge in [0.05, 0.1) is 12.4 Å². The van der Waals surface area contributed by atoms with Gasteiger partial charge < -0.3 is 37.1 Å². The molecule has 1 saturated heterocycles. The Balaban J connectivity index is 2.07. The van der Waals surface area contributed by atoms with Crippen LogP contribution in [-0.4, -0.2) is 92.9 Å². The smallest absolute Gasteiger partial charge is 0.326 e. The molecule has 1 aromatic rings. The highest BCUT2D eigenvalue weighted by Gasteiger charge is 2.39. The van der Waals surface area contributed by atoms with Gasteiger partial charge in [-0.3, -0.25) is 14.4 Å². The zero-order valence-electron chi connectivity index (χ0n) is 20.1. The molecule has 4 atom stereocenters. The number of hydrogen-bond acceptors (Lipinski definition) is 8. The van der Waals surface area contributed by atoms with Crippen molar-refractivity contribution in [1.29, 1.82) is 0 Å². The monoisotopic (exact) mass is 511 g/mol. The van der Waals surface area contributed by atoms with Crippen LogP contribution >= 0.6 is 11.8 Å². The summed E-state index contributed by atoms with van der Waals surface area (Å²) in [5, 5.41) is 14.8. The van der Waals surface area contributed by atoms with E-state index in [1.54, 1.807) is 6.20 Å². The molecule has 0 spiro atoms. The summed E-state index contributed by atoms with van der Waals surface area (Å²) >= 11 is 1.49. The minimum absolute atomic E-state index is 0.233. The van der Waals surface area contributed by atoms with E-state index >= 15 is 0 Å². The van der Waals surface area contributed by atoms with E-state index in [0.717, 1.165) is 0 Å². The minimum Gasteiger partial charge on any atom is -0.480 e. The SMILES string of the molecule is CSCCC(NC(=O)C1CCCN1C(=O)C(CCCCN)NC(=O)C(N)Cc1cnc[nH]1)C(=O)O. The molecular formula is C22H37N7O5S. The fourth-order valence-corrected chi connectivity index (χ4v) is 4.49. The van der Waals surface area contributed by atoms with Gasteiger partial charge in [-0.05, 0) is 57.1 Å². The second-order valence-electron chi connectivity index (χ2n) is 8.60. The van der Waals surface area contributed by atoms with Gasteiger partial charge in [0.15, 0.2) is 0 Å². The molecule has 0 aromatic carbocycles. The molecule has 0 aliphatic carbocycles. The molecule has 1 fully saturated rings. The van der Waals surface area contributed by atoms with Crippen molar-refractivity contribution in [2.75, 3.05) is 25.1 Å². The van der Waals surface area contributed by atoms with Crippen LogP contribution in [0.1, 0.15) is 44.2 Å². The molecule has 0 bridgehead atoms. The fraction of sp³-hybridized carbons (Fsp3) is 0.682. The Morgan fingerprint density at radius 1 is 1.26 bits per heavy atom. The molecular weight excluding hydrogens is 474 g/mol. The van der Waals surface area contributed by atoms with E-state index in [1.165, 1.54) is 23.0 Å². The number of aromatic amines is 1. The number of carbonyl (C=O) groups excluding carboxylic acids is 3. The number of carboxylic acid groups (broad SMARTS) is 1. The summed E-state index contributed by atoms with van der Waals surface area (Å²) < 4.78 is 0. The number of amides is 3. The summed E-state index contributed by atoms with van der Waals surface area (Å²) in [6.07, 6.45) is 8.13.